The lowest BCUT2D eigenvalue weighted by molar-refractivity contribution is 0.757. The van der Waals surface area contributed by atoms with Crippen molar-refractivity contribution in [2.75, 3.05) is 0 Å². The molecule has 14 heavy (non-hydrogen) atoms. The van der Waals surface area contributed by atoms with Crippen molar-refractivity contribution in [3.05, 3.63) is 24.3 Å². The molecule has 0 nitrogen and oxygen atoms in total. The highest BCUT2D eigenvalue weighted by molar-refractivity contribution is 4.83. The van der Waals surface area contributed by atoms with Crippen LogP contribution in [0, 0.1) is 0 Å². The Morgan fingerprint density at radius 1 is 0.571 bits per heavy atom. The summed E-state index contributed by atoms with van der Waals surface area (Å²) in [6, 6.07) is 0. The Balaban J connectivity index is 3.05. The average Bonchev–Trinajstić information content (AvgIpc) is 2.21. The maximum atomic E-state index is 2.33. The molecule has 0 saturated heterocycles. The molecule has 0 aliphatic carbocycles. The number of hydrogen-bond donors (Lipinski definition) is 0. The molecule has 0 aromatic carbocycles. The minimum Gasteiger partial charge on any atom is -0.0885 e. The molecule has 0 fully saturated rings. The van der Waals surface area contributed by atoms with Crippen molar-refractivity contribution in [3.8, 4) is 0 Å². The zero-order chi connectivity index (χ0) is 10.5. The van der Waals surface area contributed by atoms with Crippen LogP contribution in [0.2, 0.25) is 0 Å². The van der Waals surface area contributed by atoms with Gasteiger partial charge in [-0.1, -0.05) is 51.0 Å². The molecule has 0 N–H and O–H groups in total. The first-order chi connectivity index (χ1) is 6.91. The second kappa shape index (κ2) is 12.5. The van der Waals surface area contributed by atoms with Gasteiger partial charge in [0.25, 0.3) is 0 Å². The van der Waals surface area contributed by atoms with Gasteiger partial charge < -0.3 is 0 Å². The lowest BCUT2D eigenvalue weighted by Gasteiger charge is -1.93. The van der Waals surface area contributed by atoms with E-state index in [0.717, 1.165) is 0 Å². The Morgan fingerprint density at radius 2 is 0.929 bits per heavy atom. The van der Waals surface area contributed by atoms with E-state index in [1.807, 2.05) is 0 Å². The largest absolute Gasteiger partial charge is 0.0885 e. The predicted molar refractivity (Wildman–Crippen MR) is 66.6 cm³/mol. The zero-order valence-electron chi connectivity index (χ0n) is 9.97. The van der Waals surface area contributed by atoms with Crippen molar-refractivity contribution < 1.29 is 0 Å². The summed E-state index contributed by atoms with van der Waals surface area (Å²) in [5, 5.41) is 0. The highest BCUT2D eigenvalue weighted by Crippen LogP contribution is 2.03. The first-order valence-electron chi connectivity index (χ1n) is 6.21. The van der Waals surface area contributed by atoms with Crippen LogP contribution >= 0.6 is 0 Å². The van der Waals surface area contributed by atoms with Gasteiger partial charge in [-0.25, -0.2) is 0 Å². The van der Waals surface area contributed by atoms with E-state index in [4.69, 9.17) is 0 Å². The topological polar surface area (TPSA) is 0 Å². The fraction of sp³-hybridized carbons (Fsp3) is 0.714. The molecule has 0 amide bonds. The quantitative estimate of drug-likeness (QED) is 0.347. The fourth-order valence-electron chi connectivity index (χ4n) is 1.33. The Bertz CT molecular complexity index is 124. The van der Waals surface area contributed by atoms with Crippen LogP contribution in [0.3, 0.4) is 0 Å². The van der Waals surface area contributed by atoms with Gasteiger partial charge in [-0.05, 0) is 38.5 Å². The maximum Gasteiger partial charge on any atom is -0.0351 e. The summed E-state index contributed by atoms with van der Waals surface area (Å²) in [7, 11) is 0. The number of rotatable bonds is 9. The Hall–Kier alpha value is -0.520. The summed E-state index contributed by atoms with van der Waals surface area (Å²) in [5.41, 5.74) is 0. The minimum absolute atomic E-state index is 1.25. The number of hydrogen-bond acceptors (Lipinski definition) is 0. The number of unbranched alkanes of at least 4 members (excludes halogenated alkanes) is 5. The molecule has 0 atom stereocenters. The second-order valence-electron chi connectivity index (χ2n) is 3.80. The molecule has 0 aliphatic heterocycles. The summed E-state index contributed by atoms with van der Waals surface area (Å²) < 4.78 is 0. The van der Waals surface area contributed by atoms with E-state index in [-0.39, 0.29) is 0 Å². The van der Waals surface area contributed by atoms with Gasteiger partial charge in [0, 0.05) is 0 Å². The highest BCUT2D eigenvalue weighted by Gasteiger charge is 1.83. The minimum atomic E-state index is 1.25. The van der Waals surface area contributed by atoms with Crippen molar-refractivity contribution in [1.29, 1.82) is 0 Å². The van der Waals surface area contributed by atoms with Gasteiger partial charge in [0.05, 0.1) is 0 Å². The molecular weight excluding hydrogens is 168 g/mol. The molecule has 0 aliphatic rings. The van der Waals surface area contributed by atoms with Crippen LogP contribution < -0.4 is 0 Å². The van der Waals surface area contributed by atoms with Crippen LogP contribution in [0.5, 0.6) is 0 Å². The predicted octanol–water partition coefficient (Wildman–Crippen LogP) is 5.26. The van der Waals surface area contributed by atoms with Crippen molar-refractivity contribution in [2.24, 2.45) is 0 Å². The van der Waals surface area contributed by atoms with Crippen molar-refractivity contribution in [2.45, 2.75) is 65.2 Å². The Labute approximate surface area is 90.1 Å². The second-order valence-corrected chi connectivity index (χ2v) is 3.80. The van der Waals surface area contributed by atoms with Gasteiger partial charge in [0.2, 0.25) is 0 Å². The zero-order valence-corrected chi connectivity index (χ0v) is 9.97. The Morgan fingerprint density at radius 3 is 1.29 bits per heavy atom. The normalized spacial score (nSPS) is 11.9. The van der Waals surface area contributed by atoms with Crippen LogP contribution in [-0.4, -0.2) is 0 Å². The monoisotopic (exact) mass is 194 g/mol. The van der Waals surface area contributed by atoms with Crippen LogP contribution in [0.15, 0.2) is 24.3 Å². The third-order valence-corrected chi connectivity index (χ3v) is 2.24. The molecule has 0 saturated carbocycles. The van der Waals surface area contributed by atoms with E-state index >= 15 is 0 Å². The van der Waals surface area contributed by atoms with E-state index in [0.29, 0.717) is 0 Å². The first kappa shape index (κ1) is 13.5. The van der Waals surface area contributed by atoms with Gasteiger partial charge >= 0.3 is 0 Å². The molecule has 0 rings (SSSR count). The summed E-state index contributed by atoms with van der Waals surface area (Å²) in [4.78, 5) is 0. The molecule has 0 heterocycles. The van der Waals surface area contributed by atoms with Gasteiger partial charge in [-0.2, -0.15) is 0 Å². The van der Waals surface area contributed by atoms with Crippen LogP contribution in [0.4, 0.5) is 0 Å². The van der Waals surface area contributed by atoms with E-state index in [2.05, 4.69) is 38.2 Å². The molecule has 0 heteroatoms. The van der Waals surface area contributed by atoms with Gasteiger partial charge in [0.15, 0.2) is 0 Å². The molecule has 0 spiro atoms. The molecule has 0 unspecified atom stereocenters. The van der Waals surface area contributed by atoms with Crippen molar-refractivity contribution in [3.63, 3.8) is 0 Å². The summed E-state index contributed by atoms with van der Waals surface area (Å²) >= 11 is 0. The first-order valence-corrected chi connectivity index (χ1v) is 6.21. The van der Waals surface area contributed by atoms with Crippen LogP contribution in [-0.2, 0) is 0 Å². The molecule has 0 aromatic heterocycles. The van der Waals surface area contributed by atoms with Crippen molar-refractivity contribution >= 4 is 0 Å². The van der Waals surface area contributed by atoms with E-state index in [9.17, 15) is 0 Å². The SMILES string of the molecule is CCC/C=C\CCCC/C=C\CCC. The molecule has 82 valence electrons. The lowest BCUT2D eigenvalue weighted by atomic mass is 10.1. The maximum absolute atomic E-state index is 2.33. The molecule has 0 radical (unpaired) electrons. The summed E-state index contributed by atoms with van der Waals surface area (Å²) in [6.07, 6.45) is 19.5. The number of allylic oxidation sites excluding steroid dienone is 4. The van der Waals surface area contributed by atoms with E-state index in [1.165, 1.54) is 51.4 Å². The van der Waals surface area contributed by atoms with E-state index in [1.54, 1.807) is 0 Å². The summed E-state index contributed by atoms with van der Waals surface area (Å²) in [6.45, 7) is 4.45. The standard InChI is InChI=1S/C14H26/c1-3-5-7-9-11-13-14-12-10-8-6-4-2/h7-10H,3-6,11-14H2,1-2H3/b9-7-,10-8-. The van der Waals surface area contributed by atoms with Gasteiger partial charge in [-0.3, -0.25) is 0 Å². The fourth-order valence-corrected chi connectivity index (χ4v) is 1.33. The molecule has 0 bridgehead atoms. The summed E-state index contributed by atoms with van der Waals surface area (Å²) in [5.74, 6) is 0. The average molecular weight is 194 g/mol. The van der Waals surface area contributed by atoms with E-state index < -0.39 is 0 Å². The van der Waals surface area contributed by atoms with Crippen LogP contribution in [0.1, 0.15) is 65.2 Å². The molecular formula is C14H26. The Kier molecular flexibility index (Phi) is 12.0. The smallest absolute Gasteiger partial charge is 0.0351 e. The van der Waals surface area contributed by atoms with Gasteiger partial charge in [0.1, 0.15) is 0 Å². The molecule has 0 aromatic rings. The highest BCUT2D eigenvalue weighted by atomic mass is 13.9. The van der Waals surface area contributed by atoms with Crippen LogP contribution in [0.25, 0.3) is 0 Å². The third-order valence-electron chi connectivity index (χ3n) is 2.24. The lowest BCUT2D eigenvalue weighted by Crippen LogP contribution is -1.73. The van der Waals surface area contributed by atoms with Gasteiger partial charge in [-0.15, -0.1) is 0 Å². The van der Waals surface area contributed by atoms with Crippen molar-refractivity contribution in [1.82, 2.24) is 0 Å². The third kappa shape index (κ3) is 11.5.